The lowest BCUT2D eigenvalue weighted by Gasteiger charge is -2.16. The van der Waals surface area contributed by atoms with Gasteiger partial charge in [0.2, 0.25) is 0 Å². The highest BCUT2D eigenvalue weighted by atomic mass is 16.5. The van der Waals surface area contributed by atoms with Crippen LogP contribution in [-0.4, -0.2) is 23.5 Å². The van der Waals surface area contributed by atoms with Gasteiger partial charge in [-0.2, -0.15) is 0 Å². The topological polar surface area (TPSA) is 41.5 Å². The van der Waals surface area contributed by atoms with Gasteiger partial charge >= 0.3 is 0 Å². The minimum Gasteiger partial charge on any atom is -0.508 e. The van der Waals surface area contributed by atoms with E-state index in [9.17, 15) is 0 Å². The number of hydrogen-bond donors (Lipinski definition) is 2. The van der Waals surface area contributed by atoms with E-state index in [-0.39, 0.29) is 11.8 Å². The third-order valence-electron chi connectivity index (χ3n) is 2.55. The van der Waals surface area contributed by atoms with Gasteiger partial charge in [0.25, 0.3) is 0 Å². The average molecular weight is 207 g/mol. The zero-order valence-electron chi connectivity index (χ0n) is 9.16. The van der Waals surface area contributed by atoms with Gasteiger partial charge in [0.1, 0.15) is 12.0 Å². The van der Waals surface area contributed by atoms with E-state index >= 15 is 0 Å². The maximum atomic E-state index is 9.15. The van der Waals surface area contributed by atoms with Crippen LogP contribution in [0.3, 0.4) is 0 Å². The number of nitrogens with one attached hydrogen (secondary N) is 1. The molecule has 82 valence electrons. The number of ether oxygens (including phenoxy) is 1. The molecule has 0 aliphatic carbocycles. The Kier molecular flexibility index (Phi) is 2.67. The predicted molar refractivity (Wildman–Crippen MR) is 58.8 cm³/mol. The van der Waals surface area contributed by atoms with Crippen molar-refractivity contribution in [2.24, 2.45) is 0 Å². The van der Waals surface area contributed by atoms with Crippen LogP contribution in [0.2, 0.25) is 0 Å². The van der Waals surface area contributed by atoms with Crippen molar-refractivity contribution in [2.45, 2.75) is 32.0 Å². The molecule has 2 rings (SSSR count). The van der Waals surface area contributed by atoms with Crippen LogP contribution in [0.5, 0.6) is 5.75 Å². The second-order valence-corrected chi connectivity index (χ2v) is 4.70. The van der Waals surface area contributed by atoms with Crippen molar-refractivity contribution in [3.8, 4) is 5.75 Å². The molecule has 2 N–H and O–H groups in total. The van der Waals surface area contributed by atoms with Gasteiger partial charge in [-0.15, -0.1) is 0 Å². The summed E-state index contributed by atoms with van der Waals surface area (Å²) in [4.78, 5) is 0. The van der Waals surface area contributed by atoms with Crippen LogP contribution < -0.4 is 5.32 Å². The van der Waals surface area contributed by atoms with Crippen molar-refractivity contribution in [1.82, 2.24) is 5.32 Å². The highest BCUT2D eigenvalue weighted by Crippen LogP contribution is 2.18. The van der Waals surface area contributed by atoms with E-state index in [1.165, 1.54) is 5.56 Å². The Hall–Kier alpha value is -1.06. The number of phenolic OH excluding ortho intramolecular Hbond substituents is 1. The molecular weight excluding hydrogens is 190 g/mol. The molecule has 1 aliphatic heterocycles. The molecule has 1 fully saturated rings. The second-order valence-electron chi connectivity index (χ2n) is 4.70. The molecule has 1 unspecified atom stereocenters. The summed E-state index contributed by atoms with van der Waals surface area (Å²) >= 11 is 0. The van der Waals surface area contributed by atoms with Gasteiger partial charge in [-0.3, -0.25) is 5.32 Å². The fourth-order valence-electron chi connectivity index (χ4n) is 1.78. The van der Waals surface area contributed by atoms with E-state index < -0.39 is 0 Å². The summed E-state index contributed by atoms with van der Waals surface area (Å²) in [7, 11) is 0. The van der Waals surface area contributed by atoms with E-state index in [1.54, 1.807) is 12.1 Å². The maximum absolute atomic E-state index is 9.15. The van der Waals surface area contributed by atoms with Crippen LogP contribution >= 0.6 is 0 Å². The Balaban J connectivity index is 1.96. The molecule has 0 amide bonds. The number of rotatable bonds is 2. The molecule has 0 spiro atoms. The highest BCUT2D eigenvalue weighted by molar-refractivity contribution is 5.26. The van der Waals surface area contributed by atoms with Crippen molar-refractivity contribution in [3.05, 3.63) is 29.8 Å². The molecule has 1 saturated heterocycles. The van der Waals surface area contributed by atoms with E-state index in [0.29, 0.717) is 5.75 Å². The van der Waals surface area contributed by atoms with E-state index in [0.717, 1.165) is 13.0 Å². The largest absolute Gasteiger partial charge is 0.508 e. The normalized spacial score (nSPS) is 24.3. The van der Waals surface area contributed by atoms with Gasteiger partial charge in [-0.1, -0.05) is 12.1 Å². The minimum atomic E-state index is 0.0710. The lowest BCUT2D eigenvalue weighted by molar-refractivity contribution is 0.0987. The zero-order chi connectivity index (χ0) is 10.9. The summed E-state index contributed by atoms with van der Waals surface area (Å²) in [6, 6.07) is 7.25. The summed E-state index contributed by atoms with van der Waals surface area (Å²) in [5.41, 5.74) is 1.24. The Morgan fingerprint density at radius 1 is 1.40 bits per heavy atom. The first-order chi connectivity index (χ1) is 7.05. The Morgan fingerprint density at radius 3 is 2.60 bits per heavy atom. The smallest absolute Gasteiger partial charge is 0.115 e. The highest BCUT2D eigenvalue weighted by Gasteiger charge is 2.30. The van der Waals surface area contributed by atoms with Crippen LogP contribution in [-0.2, 0) is 11.2 Å². The third-order valence-corrected chi connectivity index (χ3v) is 2.55. The average Bonchev–Trinajstić information content (AvgIpc) is 2.50. The van der Waals surface area contributed by atoms with Gasteiger partial charge in [-0.05, 0) is 31.5 Å². The van der Waals surface area contributed by atoms with Gasteiger partial charge in [0.15, 0.2) is 0 Å². The van der Waals surface area contributed by atoms with Gasteiger partial charge in [0.05, 0.1) is 6.61 Å². The third kappa shape index (κ3) is 2.70. The molecule has 0 radical (unpaired) electrons. The van der Waals surface area contributed by atoms with Crippen LogP contribution in [0.15, 0.2) is 24.3 Å². The molecule has 0 saturated carbocycles. The molecule has 3 nitrogen and oxygen atoms in total. The molecule has 1 aromatic rings. The molecule has 3 heteroatoms. The SMILES string of the molecule is CC1(C)COC(Cc2ccc(O)cc2)N1. The van der Waals surface area contributed by atoms with Crippen molar-refractivity contribution in [3.63, 3.8) is 0 Å². The Bertz CT molecular complexity index is 332. The summed E-state index contributed by atoms with van der Waals surface area (Å²) in [5, 5.41) is 12.6. The molecule has 1 aromatic carbocycles. The van der Waals surface area contributed by atoms with Gasteiger partial charge < -0.3 is 9.84 Å². The van der Waals surface area contributed by atoms with E-state index in [4.69, 9.17) is 9.84 Å². The van der Waals surface area contributed by atoms with E-state index in [1.807, 2.05) is 12.1 Å². The molecule has 0 bridgehead atoms. The second kappa shape index (κ2) is 3.83. The molecule has 0 aromatic heterocycles. The predicted octanol–water partition coefficient (Wildman–Crippen LogP) is 1.66. The first-order valence-electron chi connectivity index (χ1n) is 5.22. The molecular formula is C12H17NO2. The Morgan fingerprint density at radius 2 is 2.07 bits per heavy atom. The number of phenols is 1. The van der Waals surface area contributed by atoms with Crippen LogP contribution in [0.25, 0.3) is 0 Å². The quantitative estimate of drug-likeness (QED) is 0.775. The maximum Gasteiger partial charge on any atom is 0.115 e. The van der Waals surface area contributed by atoms with Crippen LogP contribution in [0.4, 0.5) is 0 Å². The standard InChI is InChI=1S/C12H17NO2/c1-12(2)8-15-11(13-12)7-9-3-5-10(14)6-4-9/h3-6,11,13-14H,7-8H2,1-2H3. The number of hydrogen-bond acceptors (Lipinski definition) is 3. The summed E-state index contributed by atoms with van der Waals surface area (Å²) in [5.74, 6) is 0.305. The fourth-order valence-corrected chi connectivity index (χ4v) is 1.78. The fraction of sp³-hybridized carbons (Fsp3) is 0.500. The first-order valence-corrected chi connectivity index (χ1v) is 5.22. The number of benzene rings is 1. The van der Waals surface area contributed by atoms with Crippen LogP contribution in [0.1, 0.15) is 19.4 Å². The summed E-state index contributed by atoms with van der Waals surface area (Å²) in [6.45, 7) is 5.00. The van der Waals surface area contributed by atoms with Gasteiger partial charge in [-0.25, -0.2) is 0 Å². The van der Waals surface area contributed by atoms with Crippen molar-refractivity contribution in [1.29, 1.82) is 0 Å². The zero-order valence-corrected chi connectivity index (χ0v) is 9.16. The molecule has 1 atom stereocenters. The summed E-state index contributed by atoms with van der Waals surface area (Å²) in [6.07, 6.45) is 0.925. The minimum absolute atomic E-state index is 0.0710. The summed E-state index contributed by atoms with van der Waals surface area (Å²) < 4.78 is 5.63. The van der Waals surface area contributed by atoms with Crippen molar-refractivity contribution < 1.29 is 9.84 Å². The molecule has 1 aliphatic rings. The first kappa shape index (κ1) is 10.5. The molecule has 15 heavy (non-hydrogen) atoms. The van der Waals surface area contributed by atoms with Crippen molar-refractivity contribution >= 4 is 0 Å². The Labute approximate surface area is 90.1 Å². The molecule has 1 heterocycles. The number of aromatic hydroxyl groups is 1. The monoisotopic (exact) mass is 207 g/mol. The van der Waals surface area contributed by atoms with Crippen LogP contribution in [0, 0.1) is 0 Å². The van der Waals surface area contributed by atoms with E-state index in [2.05, 4.69) is 19.2 Å². The lowest BCUT2D eigenvalue weighted by Crippen LogP contribution is -2.39. The lowest BCUT2D eigenvalue weighted by atomic mass is 10.1. The van der Waals surface area contributed by atoms with Crippen molar-refractivity contribution in [2.75, 3.05) is 6.61 Å². The van der Waals surface area contributed by atoms with Gasteiger partial charge in [0, 0.05) is 12.0 Å².